The third-order valence-electron chi connectivity index (χ3n) is 4.34. The fraction of sp³-hybridized carbons (Fsp3) is 0.261. The van der Waals surface area contributed by atoms with Crippen molar-refractivity contribution >= 4 is 28.0 Å². The van der Waals surface area contributed by atoms with Crippen molar-refractivity contribution in [1.82, 2.24) is 15.1 Å². The van der Waals surface area contributed by atoms with Crippen LogP contribution in [0, 0.1) is 0 Å². The van der Waals surface area contributed by atoms with E-state index in [2.05, 4.69) is 21.2 Å². The van der Waals surface area contributed by atoms with E-state index in [9.17, 15) is 14.7 Å². The molecule has 0 fully saturated rings. The maximum Gasteiger partial charge on any atom is 0.408 e. The predicted molar refractivity (Wildman–Crippen MR) is 121 cm³/mol. The van der Waals surface area contributed by atoms with Gasteiger partial charge in [0.1, 0.15) is 11.6 Å². The summed E-state index contributed by atoms with van der Waals surface area (Å²) in [6.45, 7) is 5.16. The summed E-state index contributed by atoms with van der Waals surface area (Å²) in [6, 6.07) is 16.0. The first kappa shape index (κ1) is 22.6. The van der Waals surface area contributed by atoms with Crippen LogP contribution in [0.1, 0.15) is 26.3 Å². The monoisotopic (exact) mass is 485 g/mol. The molecule has 0 radical (unpaired) electrons. The Morgan fingerprint density at radius 3 is 2.35 bits per heavy atom. The molecule has 0 bridgehead atoms. The number of carbonyl (C=O) groups excluding carboxylic acids is 1. The average Bonchev–Trinajstić information content (AvgIpc) is 3.11. The Morgan fingerprint density at radius 1 is 1.13 bits per heavy atom. The number of hydrogen-bond donors (Lipinski definition) is 2. The number of alkyl carbamates (subject to hydrolysis) is 1. The molecule has 0 saturated heterocycles. The van der Waals surface area contributed by atoms with Gasteiger partial charge in [-0.3, -0.25) is 0 Å². The summed E-state index contributed by atoms with van der Waals surface area (Å²) in [5.74, 6) is -1.15. The van der Waals surface area contributed by atoms with Crippen LogP contribution in [-0.2, 0) is 16.0 Å². The smallest absolute Gasteiger partial charge is 0.408 e. The van der Waals surface area contributed by atoms with Gasteiger partial charge < -0.3 is 15.2 Å². The molecule has 1 heterocycles. The molecule has 0 aliphatic rings. The van der Waals surface area contributed by atoms with E-state index in [0.717, 1.165) is 15.7 Å². The summed E-state index contributed by atoms with van der Waals surface area (Å²) in [5, 5.41) is 16.8. The summed E-state index contributed by atoms with van der Waals surface area (Å²) >= 11 is 3.42. The highest BCUT2D eigenvalue weighted by Gasteiger charge is 2.26. The summed E-state index contributed by atoms with van der Waals surface area (Å²) in [4.78, 5) is 24.0. The normalized spacial score (nSPS) is 12.3. The van der Waals surface area contributed by atoms with Crippen LogP contribution in [0.25, 0.3) is 16.9 Å². The quantitative estimate of drug-likeness (QED) is 0.521. The fourth-order valence-electron chi connectivity index (χ4n) is 2.99. The Hall–Kier alpha value is -3.13. The molecule has 0 aliphatic heterocycles. The molecule has 2 N–H and O–H groups in total. The van der Waals surface area contributed by atoms with Crippen molar-refractivity contribution in [3.05, 3.63) is 70.8 Å². The molecule has 1 amide bonds. The number of aliphatic carboxylic acids is 1. The highest BCUT2D eigenvalue weighted by atomic mass is 79.9. The topological polar surface area (TPSA) is 93.5 Å². The zero-order valence-electron chi connectivity index (χ0n) is 17.5. The molecule has 1 unspecified atom stereocenters. The van der Waals surface area contributed by atoms with Gasteiger partial charge in [0.25, 0.3) is 0 Å². The van der Waals surface area contributed by atoms with Gasteiger partial charge in [-0.25, -0.2) is 14.3 Å². The number of carbonyl (C=O) groups is 2. The molecule has 31 heavy (non-hydrogen) atoms. The fourth-order valence-corrected chi connectivity index (χ4v) is 3.26. The maximum absolute atomic E-state index is 12.2. The minimum atomic E-state index is -1.17. The van der Waals surface area contributed by atoms with Crippen molar-refractivity contribution < 1.29 is 19.4 Å². The Kier molecular flexibility index (Phi) is 6.80. The summed E-state index contributed by atoms with van der Waals surface area (Å²) in [6.07, 6.45) is 1.06. The van der Waals surface area contributed by atoms with Gasteiger partial charge in [-0.1, -0.05) is 46.3 Å². The molecule has 0 saturated carbocycles. The Bertz CT molecular complexity index is 1060. The molecular weight excluding hydrogens is 462 g/mol. The lowest BCUT2D eigenvalue weighted by Crippen LogP contribution is -2.44. The summed E-state index contributed by atoms with van der Waals surface area (Å²) < 4.78 is 7.87. The standard InChI is InChI=1S/C23H24BrN3O4/c1-23(2,3)31-22(30)25-19(21(28)29)13-16-14-27(18-11-9-17(24)10-12-18)26-20(16)15-7-5-4-6-8-15/h4-12,14,19H,13H2,1-3H3,(H,25,30)(H,28,29). The van der Waals surface area contributed by atoms with Gasteiger partial charge in [-0.2, -0.15) is 5.10 Å². The van der Waals surface area contributed by atoms with E-state index >= 15 is 0 Å². The van der Waals surface area contributed by atoms with Gasteiger partial charge >= 0.3 is 12.1 Å². The minimum Gasteiger partial charge on any atom is -0.480 e. The van der Waals surface area contributed by atoms with Gasteiger partial charge in [0, 0.05) is 28.2 Å². The highest BCUT2D eigenvalue weighted by Crippen LogP contribution is 2.25. The molecule has 8 heteroatoms. The molecule has 3 aromatic rings. The van der Waals surface area contributed by atoms with Crippen molar-refractivity contribution in [2.75, 3.05) is 0 Å². The van der Waals surface area contributed by atoms with Gasteiger partial charge in [-0.15, -0.1) is 0 Å². The van der Waals surface area contributed by atoms with Crippen molar-refractivity contribution in [3.8, 4) is 16.9 Å². The first-order valence-electron chi connectivity index (χ1n) is 9.74. The summed E-state index contributed by atoms with van der Waals surface area (Å²) in [5.41, 5.74) is 2.31. The largest absolute Gasteiger partial charge is 0.480 e. The van der Waals surface area contributed by atoms with Crippen molar-refractivity contribution in [1.29, 1.82) is 0 Å². The highest BCUT2D eigenvalue weighted by molar-refractivity contribution is 9.10. The van der Waals surface area contributed by atoms with Gasteiger partial charge in [0.05, 0.1) is 11.4 Å². The number of hydrogen-bond acceptors (Lipinski definition) is 4. The van der Waals surface area contributed by atoms with Crippen LogP contribution < -0.4 is 5.32 Å². The number of benzene rings is 2. The zero-order chi connectivity index (χ0) is 22.6. The molecule has 2 aromatic carbocycles. The molecule has 3 rings (SSSR count). The molecular formula is C23H24BrN3O4. The van der Waals surface area contributed by atoms with E-state index in [1.165, 1.54) is 0 Å². The first-order chi connectivity index (χ1) is 14.6. The lowest BCUT2D eigenvalue weighted by atomic mass is 10.0. The van der Waals surface area contributed by atoms with Crippen molar-refractivity contribution in [2.24, 2.45) is 0 Å². The number of nitrogens with zero attached hydrogens (tertiary/aromatic N) is 2. The van der Waals surface area contributed by atoms with Crippen LogP contribution in [0.4, 0.5) is 4.79 Å². The lowest BCUT2D eigenvalue weighted by molar-refractivity contribution is -0.139. The molecule has 162 valence electrons. The zero-order valence-corrected chi connectivity index (χ0v) is 19.1. The number of carboxylic acid groups (broad SMARTS) is 1. The second kappa shape index (κ2) is 9.34. The number of ether oxygens (including phenoxy) is 1. The van der Waals surface area contributed by atoms with E-state index in [1.807, 2.05) is 54.6 Å². The second-order valence-corrected chi connectivity index (χ2v) is 8.95. The van der Waals surface area contributed by atoms with E-state index in [4.69, 9.17) is 9.84 Å². The molecule has 0 aliphatic carbocycles. The number of carboxylic acids is 1. The SMILES string of the molecule is CC(C)(C)OC(=O)NC(Cc1cn(-c2ccc(Br)cc2)nc1-c1ccccc1)C(=O)O. The molecule has 0 spiro atoms. The third kappa shape index (κ3) is 6.18. The van der Waals surface area contributed by atoms with Gasteiger partial charge in [0.15, 0.2) is 0 Å². The Balaban J connectivity index is 1.94. The predicted octanol–water partition coefficient (Wildman–Crippen LogP) is 4.82. The van der Waals surface area contributed by atoms with Crippen LogP contribution in [0.5, 0.6) is 0 Å². The van der Waals surface area contributed by atoms with Crippen LogP contribution in [0.3, 0.4) is 0 Å². The second-order valence-electron chi connectivity index (χ2n) is 8.03. The number of aromatic nitrogens is 2. The number of nitrogens with one attached hydrogen (secondary N) is 1. The summed E-state index contributed by atoms with van der Waals surface area (Å²) in [7, 11) is 0. The van der Waals surface area contributed by atoms with E-state index < -0.39 is 23.7 Å². The number of halogens is 1. The molecule has 1 atom stereocenters. The van der Waals surface area contributed by atoms with Crippen molar-refractivity contribution in [3.63, 3.8) is 0 Å². The maximum atomic E-state index is 12.2. The first-order valence-corrected chi connectivity index (χ1v) is 10.5. The average molecular weight is 486 g/mol. The van der Waals surface area contributed by atoms with Gasteiger partial charge in [-0.05, 0) is 45.0 Å². The van der Waals surface area contributed by atoms with Crippen LogP contribution in [-0.4, -0.2) is 38.6 Å². The van der Waals surface area contributed by atoms with E-state index in [1.54, 1.807) is 31.6 Å². The van der Waals surface area contributed by atoms with E-state index in [-0.39, 0.29) is 6.42 Å². The Morgan fingerprint density at radius 2 is 1.77 bits per heavy atom. The van der Waals surface area contributed by atoms with Crippen molar-refractivity contribution in [2.45, 2.75) is 38.8 Å². The van der Waals surface area contributed by atoms with Crippen LogP contribution in [0.15, 0.2) is 65.3 Å². The number of rotatable bonds is 6. The Labute approximate surface area is 189 Å². The van der Waals surface area contributed by atoms with Crippen LogP contribution in [0.2, 0.25) is 0 Å². The lowest BCUT2D eigenvalue weighted by Gasteiger charge is -2.22. The van der Waals surface area contributed by atoms with E-state index in [0.29, 0.717) is 11.3 Å². The number of amides is 1. The molecule has 1 aromatic heterocycles. The van der Waals surface area contributed by atoms with Crippen LogP contribution >= 0.6 is 15.9 Å². The molecule has 7 nitrogen and oxygen atoms in total. The van der Waals surface area contributed by atoms with Gasteiger partial charge in [0.2, 0.25) is 0 Å². The third-order valence-corrected chi connectivity index (χ3v) is 4.87. The minimum absolute atomic E-state index is 0.0509.